The number of aromatic amines is 1. The van der Waals surface area contributed by atoms with Crippen molar-refractivity contribution in [2.45, 2.75) is 33.7 Å². The number of aryl methyl sites for hydroxylation is 1. The molecule has 0 aliphatic rings. The molecule has 0 aromatic carbocycles. The highest BCUT2D eigenvalue weighted by Gasteiger charge is 2.16. The second-order valence-corrected chi connectivity index (χ2v) is 6.62. The van der Waals surface area contributed by atoms with E-state index in [4.69, 9.17) is 4.18 Å². The highest BCUT2D eigenvalue weighted by Crippen LogP contribution is 2.22. The van der Waals surface area contributed by atoms with Crippen molar-refractivity contribution in [2.24, 2.45) is 0 Å². The van der Waals surface area contributed by atoms with Gasteiger partial charge in [-0.2, -0.15) is 9.97 Å². The van der Waals surface area contributed by atoms with Crippen LogP contribution in [0.5, 0.6) is 6.01 Å². The lowest BCUT2D eigenvalue weighted by Crippen LogP contribution is -2.17. The van der Waals surface area contributed by atoms with Crippen molar-refractivity contribution in [2.75, 3.05) is 17.6 Å². The number of hydrogen-bond acceptors (Lipinski definition) is 7. The van der Waals surface area contributed by atoms with E-state index in [1.54, 1.807) is 10.8 Å². The van der Waals surface area contributed by atoms with E-state index in [1.165, 1.54) is 12.0 Å². The van der Waals surface area contributed by atoms with Gasteiger partial charge in [-0.25, -0.2) is 4.79 Å². The number of hydrogen-bond donors (Lipinski definition) is 2. The van der Waals surface area contributed by atoms with Crippen LogP contribution in [0.1, 0.15) is 31.5 Å². The first-order valence-electron chi connectivity index (χ1n) is 8.57. The molecule has 26 heavy (non-hydrogen) atoms. The van der Waals surface area contributed by atoms with Gasteiger partial charge in [0.15, 0.2) is 11.5 Å². The zero-order valence-electron chi connectivity index (χ0n) is 15.1. The van der Waals surface area contributed by atoms with Crippen molar-refractivity contribution in [3.8, 4) is 6.01 Å². The molecule has 3 aromatic heterocycles. The van der Waals surface area contributed by atoms with Crippen LogP contribution in [0.2, 0.25) is 0 Å². The van der Waals surface area contributed by atoms with Gasteiger partial charge in [-0.05, 0) is 31.9 Å². The Bertz CT molecular complexity index is 935. The van der Waals surface area contributed by atoms with Crippen molar-refractivity contribution in [3.05, 3.63) is 40.1 Å². The van der Waals surface area contributed by atoms with Crippen molar-refractivity contribution in [3.63, 3.8) is 0 Å². The van der Waals surface area contributed by atoms with Gasteiger partial charge in [-0.15, -0.1) is 0 Å². The molecule has 0 fully saturated rings. The number of pyridine rings is 1. The molecule has 0 saturated carbocycles. The van der Waals surface area contributed by atoms with E-state index >= 15 is 0 Å². The molecule has 0 saturated heterocycles. The summed E-state index contributed by atoms with van der Waals surface area (Å²) in [6.45, 7) is 7.01. The Morgan fingerprint density at radius 3 is 2.85 bits per heavy atom. The van der Waals surface area contributed by atoms with Crippen LogP contribution in [-0.2, 0) is 6.54 Å². The molecule has 0 aliphatic heterocycles. The number of anilines is 1. The molecule has 138 valence electrons. The fourth-order valence-electron chi connectivity index (χ4n) is 2.44. The smallest absolute Gasteiger partial charge is 0.332 e. The molecule has 3 heterocycles. The van der Waals surface area contributed by atoms with Crippen LogP contribution in [-0.4, -0.2) is 36.8 Å². The molecule has 3 aromatic rings. The van der Waals surface area contributed by atoms with E-state index in [-0.39, 0.29) is 11.7 Å². The van der Waals surface area contributed by atoms with Crippen LogP contribution >= 0.6 is 12.0 Å². The first kappa shape index (κ1) is 18.2. The van der Waals surface area contributed by atoms with Crippen LogP contribution in [0.4, 0.5) is 5.82 Å². The second kappa shape index (κ2) is 8.22. The van der Waals surface area contributed by atoms with Crippen LogP contribution in [0.25, 0.3) is 11.2 Å². The fraction of sp³-hybridized carbons (Fsp3) is 0.412. The molecule has 9 heteroatoms. The van der Waals surface area contributed by atoms with Gasteiger partial charge in [0, 0.05) is 24.2 Å². The van der Waals surface area contributed by atoms with E-state index in [1.807, 2.05) is 26.0 Å². The molecule has 0 spiro atoms. The summed E-state index contributed by atoms with van der Waals surface area (Å²) in [6.07, 6.45) is 2.75. The average Bonchev–Trinajstić information content (AvgIpc) is 2.94. The van der Waals surface area contributed by atoms with Crippen LogP contribution < -0.4 is 15.2 Å². The maximum absolute atomic E-state index is 12.5. The number of H-pyrrole nitrogens is 1. The summed E-state index contributed by atoms with van der Waals surface area (Å²) in [7, 11) is 0. The largest absolute Gasteiger partial charge is 0.389 e. The van der Waals surface area contributed by atoms with Gasteiger partial charge in [0.1, 0.15) is 5.52 Å². The predicted molar refractivity (Wildman–Crippen MR) is 104 cm³/mol. The summed E-state index contributed by atoms with van der Waals surface area (Å²) >= 11 is 1.30. The summed E-state index contributed by atoms with van der Waals surface area (Å²) in [4.78, 5) is 28.4. The Kier molecular flexibility index (Phi) is 5.77. The Morgan fingerprint density at radius 2 is 2.15 bits per heavy atom. The number of imidazole rings is 1. The molecular weight excluding hydrogens is 352 g/mol. The molecule has 8 nitrogen and oxygen atoms in total. The first-order chi connectivity index (χ1) is 12.6. The zero-order chi connectivity index (χ0) is 18.5. The van der Waals surface area contributed by atoms with Gasteiger partial charge >= 0.3 is 11.7 Å². The standard InChI is InChI=1S/C17H22N6O2S/c1-4-8-26-25-16-21-14(18-5-2)13-15(22-16)23(17(24)20-13)10-12-7-6-11(3)19-9-12/h6-7,9H,4-5,8,10H2,1-3H3,(H,20,24)(H,18,21,22). The molecule has 0 radical (unpaired) electrons. The lowest BCUT2D eigenvalue weighted by atomic mass is 10.2. The summed E-state index contributed by atoms with van der Waals surface area (Å²) in [6, 6.07) is 4.11. The minimum absolute atomic E-state index is 0.238. The maximum atomic E-state index is 12.5. The summed E-state index contributed by atoms with van der Waals surface area (Å²) < 4.78 is 7.16. The van der Waals surface area contributed by atoms with Crippen molar-refractivity contribution in [1.29, 1.82) is 0 Å². The Labute approximate surface area is 155 Å². The van der Waals surface area contributed by atoms with Gasteiger partial charge in [0.05, 0.1) is 18.6 Å². The van der Waals surface area contributed by atoms with Crippen molar-refractivity contribution in [1.82, 2.24) is 24.5 Å². The first-order valence-corrected chi connectivity index (χ1v) is 9.48. The van der Waals surface area contributed by atoms with Crippen LogP contribution in [0.3, 0.4) is 0 Å². The molecule has 2 N–H and O–H groups in total. The molecule has 0 bridgehead atoms. The lowest BCUT2D eigenvalue weighted by Gasteiger charge is -2.08. The van der Waals surface area contributed by atoms with E-state index in [9.17, 15) is 4.79 Å². The van der Waals surface area contributed by atoms with Crippen molar-refractivity contribution >= 4 is 29.0 Å². The van der Waals surface area contributed by atoms with Gasteiger partial charge in [0.25, 0.3) is 0 Å². The third kappa shape index (κ3) is 3.98. The lowest BCUT2D eigenvalue weighted by molar-refractivity contribution is 0.586. The zero-order valence-corrected chi connectivity index (χ0v) is 15.9. The quantitative estimate of drug-likeness (QED) is 0.462. The maximum Gasteiger partial charge on any atom is 0.332 e. The minimum Gasteiger partial charge on any atom is -0.389 e. The van der Waals surface area contributed by atoms with Gasteiger partial charge < -0.3 is 14.5 Å². The predicted octanol–water partition coefficient (Wildman–Crippen LogP) is 2.74. The highest BCUT2D eigenvalue weighted by molar-refractivity contribution is 7.95. The number of fused-ring (bicyclic) bond motifs is 1. The third-order valence-electron chi connectivity index (χ3n) is 3.68. The molecule has 3 rings (SSSR count). The number of aromatic nitrogens is 5. The molecule has 0 aliphatic carbocycles. The van der Waals surface area contributed by atoms with Crippen molar-refractivity contribution < 1.29 is 4.18 Å². The SMILES string of the molecule is CCCSOc1nc(NCC)c2[nH]c(=O)n(Cc3ccc(C)nc3)c2n1. The third-order valence-corrected chi connectivity index (χ3v) is 4.52. The molecule has 0 atom stereocenters. The van der Waals surface area contributed by atoms with E-state index in [2.05, 4.69) is 32.2 Å². The monoisotopic (exact) mass is 374 g/mol. The van der Waals surface area contributed by atoms with Crippen LogP contribution in [0.15, 0.2) is 23.1 Å². The number of nitrogens with one attached hydrogen (secondary N) is 2. The molecular formula is C17H22N6O2S. The highest BCUT2D eigenvalue weighted by atomic mass is 32.2. The normalized spacial score (nSPS) is 11.0. The Morgan fingerprint density at radius 1 is 1.31 bits per heavy atom. The number of rotatable bonds is 8. The second-order valence-electron chi connectivity index (χ2n) is 5.81. The number of nitrogens with zero attached hydrogens (tertiary/aromatic N) is 4. The average molecular weight is 374 g/mol. The molecule has 0 amide bonds. The Balaban J connectivity index is 2.02. The fourth-order valence-corrected chi connectivity index (χ4v) is 2.87. The Hall–Kier alpha value is -2.55. The summed E-state index contributed by atoms with van der Waals surface area (Å²) in [5.74, 6) is 1.40. The van der Waals surface area contributed by atoms with Crippen LogP contribution in [0, 0.1) is 6.92 Å². The van der Waals surface area contributed by atoms with E-state index in [0.717, 1.165) is 23.4 Å². The van der Waals surface area contributed by atoms with E-state index < -0.39 is 0 Å². The van der Waals surface area contributed by atoms with Gasteiger partial charge in [-0.3, -0.25) is 9.55 Å². The van der Waals surface area contributed by atoms with Gasteiger partial charge in [-0.1, -0.05) is 13.0 Å². The van der Waals surface area contributed by atoms with Gasteiger partial charge in [0.2, 0.25) is 0 Å². The summed E-state index contributed by atoms with van der Waals surface area (Å²) in [5, 5.41) is 3.16. The topological polar surface area (TPSA) is 97.7 Å². The molecule has 0 unspecified atom stereocenters. The summed E-state index contributed by atoms with van der Waals surface area (Å²) in [5.41, 5.74) is 2.69. The van der Waals surface area contributed by atoms with E-state index in [0.29, 0.717) is 30.1 Å². The minimum atomic E-state index is -0.243.